The molecule has 3 aromatic rings. The monoisotopic (exact) mass is 542 g/mol. The van der Waals surface area contributed by atoms with Gasteiger partial charge in [-0.05, 0) is 47.0 Å². The molecule has 37 heavy (non-hydrogen) atoms. The minimum Gasteiger partial charge on any atom is -0.493 e. The van der Waals surface area contributed by atoms with Crippen molar-refractivity contribution >= 4 is 34.6 Å². The van der Waals surface area contributed by atoms with Crippen LogP contribution in [-0.2, 0) is 19.9 Å². The quantitative estimate of drug-likeness (QED) is 0.225. The molecule has 3 aliphatic rings. The molecular formula is C28H32NO6S2+. The highest BCUT2D eigenvalue weighted by molar-refractivity contribution is 7.12. The molecule has 0 amide bonds. The number of hydrogen-bond acceptors (Lipinski definition) is 8. The van der Waals surface area contributed by atoms with E-state index in [4.69, 9.17) is 14.2 Å². The summed E-state index contributed by atoms with van der Waals surface area (Å²) in [6.07, 6.45) is 3.56. The van der Waals surface area contributed by atoms with E-state index in [9.17, 15) is 14.7 Å². The molecule has 2 aromatic heterocycles. The van der Waals surface area contributed by atoms with Crippen LogP contribution in [0, 0.1) is 5.92 Å². The van der Waals surface area contributed by atoms with E-state index in [1.165, 1.54) is 29.8 Å². The fourth-order valence-corrected chi connectivity index (χ4v) is 7.31. The summed E-state index contributed by atoms with van der Waals surface area (Å²) in [6, 6.07) is 14.2. The number of nitrogens with zero attached hydrogens (tertiary/aromatic N) is 1. The summed E-state index contributed by atoms with van der Waals surface area (Å²) in [6.45, 7) is 3.22. The van der Waals surface area contributed by atoms with E-state index in [-0.39, 0.29) is 6.23 Å². The molecule has 1 atom stereocenters. The van der Waals surface area contributed by atoms with Gasteiger partial charge in [-0.2, -0.15) is 0 Å². The van der Waals surface area contributed by atoms with Crippen LogP contribution in [0.2, 0.25) is 0 Å². The number of quaternary nitrogens is 1. The first-order valence-corrected chi connectivity index (χ1v) is 14.4. The molecule has 0 unspecified atom stereocenters. The van der Waals surface area contributed by atoms with Crippen molar-refractivity contribution in [2.75, 3.05) is 33.4 Å². The van der Waals surface area contributed by atoms with Crippen molar-refractivity contribution < 1.29 is 33.4 Å². The maximum atomic E-state index is 13.6. The molecule has 0 spiro atoms. The van der Waals surface area contributed by atoms with Crippen LogP contribution in [0.4, 0.5) is 0 Å². The molecule has 3 aliphatic heterocycles. The topological polar surface area (TPSA) is 82.1 Å². The summed E-state index contributed by atoms with van der Waals surface area (Å²) in [5, 5.41) is 15.4. The van der Waals surface area contributed by atoms with E-state index >= 15 is 0 Å². The standard InChI is InChI=1S/C28H32NO6S2/c1-33-26(30)21-6-2-7-22(19-21)34-15-5-12-29-13-10-20(11-14-29)18-25(29)35-27(31)28(32,23-8-3-16-36-23)24-9-4-17-37-24/h2-4,6-9,16-17,19-20,25,32H,5,10-15,18H2,1H3/q+1/t20?,25-,29?/m1/s1. The second kappa shape index (κ2) is 10.9. The molecular weight excluding hydrogens is 510 g/mol. The van der Waals surface area contributed by atoms with E-state index in [0.29, 0.717) is 38.1 Å². The zero-order valence-corrected chi connectivity index (χ0v) is 22.5. The van der Waals surface area contributed by atoms with E-state index < -0.39 is 17.5 Å². The number of rotatable bonds is 10. The van der Waals surface area contributed by atoms with E-state index in [1.807, 2.05) is 29.0 Å². The largest absolute Gasteiger partial charge is 0.493 e. The number of aliphatic hydroxyl groups is 1. The summed E-state index contributed by atoms with van der Waals surface area (Å²) >= 11 is 2.71. The molecule has 9 heteroatoms. The van der Waals surface area contributed by atoms with Crippen LogP contribution in [-0.4, -0.2) is 61.1 Å². The van der Waals surface area contributed by atoms with E-state index in [0.717, 1.165) is 45.3 Å². The molecule has 5 heterocycles. The lowest BCUT2D eigenvalue weighted by molar-refractivity contribution is -0.984. The van der Waals surface area contributed by atoms with Crippen LogP contribution in [0.1, 0.15) is 45.8 Å². The van der Waals surface area contributed by atoms with Gasteiger partial charge in [-0.25, -0.2) is 9.59 Å². The Balaban J connectivity index is 1.26. The van der Waals surface area contributed by atoms with Gasteiger partial charge in [-0.1, -0.05) is 18.2 Å². The smallest absolute Gasteiger partial charge is 0.353 e. The Morgan fingerprint density at radius 1 is 1.05 bits per heavy atom. The molecule has 0 aliphatic carbocycles. The summed E-state index contributed by atoms with van der Waals surface area (Å²) in [5.74, 6) is 0.185. The highest BCUT2D eigenvalue weighted by Gasteiger charge is 2.52. The van der Waals surface area contributed by atoms with Crippen molar-refractivity contribution in [3.8, 4) is 5.75 Å². The van der Waals surface area contributed by atoms with Crippen LogP contribution in [0.5, 0.6) is 5.75 Å². The molecule has 7 nitrogen and oxygen atoms in total. The van der Waals surface area contributed by atoms with Gasteiger partial charge in [0.15, 0.2) is 0 Å². The third-order valence-corrected chi connectivity index (χ3v) is 9.63. The Bertz CT molecular complexity index is 1170. The van der Waals surface area contributed by atoms with Crippen molar-refractivity contribution in [3.63, 3.8) is 0 Å². The molecule has 3 fully saturated rings. The fraction of sp³-hybridized carbons (Fsp3) is 0.429. The summed E-state index contributed by atoms with van der Waals surface area (Å²) < 4.78 is 17.7. The molecule has 3 saturated heterocycles. The molecule has 0 radical (unpaired) electrons. The van der Waals surface area contributed by atoms with Gasteiger partial charge in [-0.15, -0.1) is 22.7 Å². The number of ether oxygens (including phenoxy) is 3. The van der Waals surface area contributed by atoms with E-state index in [2.05, 4.69) is 0 Å². The maximum Gasteiger partial charge on any atom is 0.353 e. The molecule has 6 rings (SSSR count). The van der Waals surface area contributed by atoms with Gasteiger partial charge < -0.3 is 19.3 Å². The predicted molar refractivity (Wildman–Crippen MR) is 142 cm³/mol. The average Bonchev–Trinajstić information content (AvgIpc) is 3.67. The Labute approximate surface area is 224 Å². The van der Waals surface area contributed by atoms with Crippen molar-refractivity contribution in [1.82, 2.24) is 0 Å². The maximum absolute atomic E-state index is 13.6. The Morgan fingerprint density at radius 2 is 1.76 bits per heavy atom. The van der Waals surface area contributed by atoms with Crippen LogP contribution in [0.3, 0.4) is 0 Å². The number of benzene rings is 1. The number of methoxy groups -OCH3 is 1. The Hall–Kier alpha value is -2.72. The number of fused-ring (bicyclic) bond motifs is 3. The van der Waals surface area contributed by atoms with Crippen LogP contribution in [0.25, 0.3) is 0 Å². The molecule has 1 N–H and O–H groups in total. The second-order valence-corrected chi connectivity index (χ2v) is 11.7. The number of piperidine rings is 3. The first-order valence-electron chi connectivity index (χ1n) is 12.6. The van der Waals surface area contributed by atoms with Gasteiger partial charge in [0, 0.05) is 25.7 Å². The fourth-order valence-electron chi connectivity index (χ4n) is 5.60. The first kappa shape index (κ1) is 25.9. The number of carbonyl (C=O) groups excluding carboxylic acids is 2. The zero-order valence-electron chi connectivity index (χ0n) is 20.8. The van der Waals surface area contributed by atoms with Crippen molar-refractivity contribution in [3.05, 3.63) is 74.6 Å². The second-order valence-electron chi connectivity index (χ2n) is 9.81. The van der Waals surface area contributed by atoms with Crippen LogP contribution >= 0.6 is 22.7 Å². The highest BCUT2D eigenvalue weighted by Crippen LogP contribution is 2.42. The minimum absolute atomic E-state index is 0.283. The van der Waals surface area contributed by atoms with Gasteiger partial charge in [-0.3, -0.25) is 4.48 Å². The van der Waals surface area contributed by atoms with Gasteiger partial charge in [0.2, 0.25) is 11.8 Å². The van der Waals surface area contributed by atoms with Crippen LogP contribution < -0.4 is 4.74 Å². The summed E-state index contributed by atoms with van der Waals surface area (Å²) in [7, 11) is 1.36. The number of carbonyl (C=O) groups is 2. The van der Waals surface area contributed by atoms with Crippen LogP contribution in [0.15, 0.2) is 59.3 Å². The molecule has 1 aromatic carbocycles. The third kappa shape index (κ3) is 5.18. The van der Waals surface area contributed by atoms with Crippen molar-refractivity contribution in [1.29, 1.82) is 0 Å². The Kier molecular flexibility index (Phi) is 7.67. The third-order valence-electron chi connectivity index (χ3n) is 7.68. The van der Waals surface area contributed by atoms with Gasteiger partial charge in [0.1, 0.15) is 5.75 Å². The zero-order chi connectivity index (χ0) is 25.9. The predicted octanol–water partition coefficient (Wildman–Crippen LogP) is 4.80. The lowest BCUT2D eigenvalue weighted by atomic mass is 9.84. The highest BCUT2D eigenvalue weighted by atomic mass is 32.1. The van der Waals surface area contributed by atoms with Crippen molar-refractivity contribution in [2.45, 2.75) is 37.5 Å². The normalized spacial score (nSPS) is 23.0. The molecule has 0 saturated carbocycles. The average molecular weight is 543 g/mol. The first-order chi connectivity index (χ1) is 17.9. The minimum atomic E-state index is -1.79. The lowest BCUT2D eigenvalue weighted by Crippen LogP contribution is -2.66. The molecule has 2 bridgehead atoms. The number of thiophene rings is 2. The summed E-state index contributed by atoms with van der Waals surface area (Å²) in [5.41, 5.74) is -1.34. The van der Waals surface area contributed by atoms with Gasteiger partial charge in [0.05, 0.1) is 48.7 Å². The van der Waals surface area contributed by atoms with Gasteiger partial charge in [0.25, 0.3) is 0 Å². The van der Waals surface area contributed by atoms with Gasteiger partial charge >= 0.3 is 11.9 Å². The SMILES string of the molecule is COC(=O)c1cccc(OCCC[N+]23CCC(CC2)C[C@H]3OC(=O)C(O)(c2cccs2)c2cccs2)c1. The van der Waals surface area contributed by atoms with E-state index in [1.54, 1.807) is 30.3 Å². The summed E-state index contributed by atoms with van der Waals surface area (Å²) in [4.78, 5) is 26.6. The van der Waals surface area contributed by atoms with Crippen molar-refractivity contribution in [2.24, 2.45) is 5.92 Å². The Morgan fingerprint density at radius 3 is 2.38 bits per heavy atom. The molecule has 196 valence electrons. The number of hydrogen-bond donors (Lipinski definition) is 1. The lowest BCUT2D eigenvalue weighted by Gasteiger charge is -2.53. The number of esters is 2.